The second kappa shape index (κ2) is 7.13. The van der Waals surface area contributed by atoms with Crippen LogP contribution in [0, 0.1) is 0 Å². The van der Waals surface area contributed by atoms with Gasteiger partial charge in [-0.2, -0.15) is 5.10 Å². The Morgan fingerprint density at radius 1 is 1.42 bits per heavy atom. The van der Waals surface area contributed by atoms with Crippen LogP contribution in [0.2, 0.25) is 5.02 Å². The van der Waals surface area contributed by atoms with Crippen molar-refractivity contribution >= 4 is 17.5 Å². The minimum atomic E-state index is -0.237. The molecule has 0 bridgehead atoms. The Hall–Kier alpha value is -2.21. The maximum Gasteiger partial charge on any atom is 0.251 e. The number of carbonyl (C=O) groups excluding carboxylic acids is 1. The van der Waals surface area contributed by atoms with Crippen LogP contribution in [0.3, 0.4) is 0 Å². The van der Waals surface area contributed by atoms with Crippen LogP contribution in [-0.2, 0) is 0 Å². The quantitative estimate of drug-likeness (QED) is 0.888. The first-order valence-electron chi connectivity index (χ1n) is 7.96. The lowest BCUT2D eigenvalue weighted by molar-refractivity contribution is 0.0905. The number of halogens is 1. The van der Waals surface area contributed by atoms with Crippen molar-refractivity contribution in [2.24, 2.45) is 0 Å². The first kappa shape index (κ1) is 16.6. The number of nitrogens with one attached hydrogen (secondary N) is 1. The van der Waals surface area contributed by atoms with Crippen LogP contribution in [0.15, 0.2) is 30.6 Å². The number of benzene rings is 1. The maximum atomic E-state index is 12.6. The number of amides is 1. The molecule has 1 aliphatic carbocycles. The van der Waals surface area contributed by atoms with Gasteiger partial charge in [0.05, 0.1) is 24.2 Å². The van der Waals surface area contributed by atoms with E-state index in [0.29, 0.717) is 5.56 Å². The molecule has 128 valence electrons. The summed E-state index contributed by atoms with van der Waals surface area (Å²) in [4.78, 5) is 12.6. The van der Waals surface area contributed by atoms with Crippen molar-refractivity contribution in [1.29, 1.82) is 0 Å². The van der Waals surface area contributed by atoms with Crippen LogP contribution in [0.5, 0.6) is 11.5 Å². The van der Waals surface area contributed by atoms with E-state index in [4.69, 9.17) is 16.3 Å². The molecule has 1 heterocycles. The van der Waals surface area contributed by atoms with Gasteiger partial charge in [-0.05, 0) is 31.0 Å². The third-order valence-corrected chi connectivity index (χ3v) is 4.71. The van der Waals surface area contributed by atoms with E-state index in [1.165, 1.54) is 19.2 Å². The van der Waals surface area contributed by atoms with E-state index in [1.807, 2.05) is 16.9 Å². The summed E-state index contributed by atoms with van der Waals surface area (Å²) < 4.78 is 6.97. The molecule has 2 aromatic rings. The molecule has 24 heavy (non-hydrogen) atoms. The van der Waals surface area contributed by atoms with Crippen LogP contribution in [0.25, 0.3) is 0 Å². The number of carbonyl (C=O) groups is 1. The standard InChI is InChI=1S/C17H20ClN3O3/c1-24-15-10-11(9-12(18)16(15)22)17(23)20-13-5-2-3-6-14(13)21-8-4-7-19-21/h4,7-10,13-14,22H,2-3,5-6H2,1H3,(H,20,23)/t13-,14-/m0/s1. The van der Waals surface area contributed by atoms with Crippen LogP contribution < -0.4 is 10.1 Å². The number of phenols is 1. The summed E-state index contributed by atoms with van der Waals surface area (Å²) in [6, 6.07) is 4.97. The predicted molar refractivity (Wildman–Crippen MR) is 90.7 cm³/mol. The molecule has 1 aliphatic rings. The molecule has 2 atom stereocenters. The molecule has 0 aliphatic heterocycles. The Kier molecular flexibility index (Phi) is 4.94. The highest BCUT2D eigenvalue weighted by atomic mass is 35.5. The van der Waals surface area contributed by atoms with E-state index in [0.717, 1.165) is 25.7 Å². The second-order valence-electron chi connectivity index (χ2n) is 5.93. The summed E-state index contributed by atoms with van der Waals surface area (Å²) in [5.74, 6) is -0.220. The van der Waals surface area contributed by atoms with E-state index >= 15 is 0 Å². The highest BCUT2D eigenvalue weighted by Gasteiger charge is 2.28. The normalized spacial score (nSPS) is 20.6. The Balaban J connectivity index is 1.79. The number of hydrogen-bond acceptors (Lipinski definition) is 4. The molecule has 0 saturated heterocycles. The predicted octanol–water partition coefficient (Wildman–Crippen LogP) is 3.16. The largest absolute Gasteiger partial charge is 0.503 e. The van der Waals surface area contributed by atoms with Gasteiger partial charge in [0, 0.05) is 18.0 Å². The van der Waals surface area contributed by atoms with E-state index < -0.39 is 0 Å². The number of rotatable bonds is 4. The van der Waals surface area contributed by atoms with E-state index in [2.05, 4.69) is 10.4 Å². The van der Waals surface area contributed by atoms with E-state index in [-0.39, 0.29) is 34.5 Å². The SMILES string of the molecule is COc1cc(C(=O)N[C@H]2CCCC[C@@H]2n2cccn2)cc(Cl)c1O. The van der Waals surface area contributed by atoms with Gasteiger partial charge in [-0.15, -0.1) is 0 Å². The average Bonchev–Trinajstić information content (AvgIpc) is 3.12. The minimum Gasteiger partial charge on any atom is -0.503 e. The lowest BCUT2D eigenvalue weighted by Gasteiger charge is -2.32. The fourth-order valence-electron chi connectivity index (χ4n) is 3.19. The van der Waals surface area contributed by atoms with Crippen LogP contribution in [-0.4, -0.2) is 33.9 Å². The Morgan fingerprint density at radius 3 is 2.92 bits per heavy atom. The molecule has 0 unspecified atom stereocenters. The number of methoxy groups -OCH3 is 1. The van der Waals surface area contributed by atoms with E-state index in [1.54, 1.807) is 6.20 Å². The Morgan fingerprint density at radius 2 is 2.21 bits per heavy atom. The first-order chi connectivity index (χ1) is 11.6. The van der Waals surface area contributed by atoms with Gasteiger partial charge in [0.2, 0.25) is 0 Å². The third kappa shape index (κ3) is 3.33. The summed E-state index contributed by atoms with van der Waals surface area (Å²) in [7, 11) is 1.42. The highest BCUT2D eigenvalue weighted by Crippen LogP contribution is 2.35. The van der Waals surface area contributed by atoms with Crippen LogP contribution in [0.1, 0.15) is 42.1 Å². The third-order valence-electron chi connectivity index (χ3n) is 4.42. The van der Waals surface area contributed by atoms with Crippen molar-refractivity contribution < 1.29 is 14.6 Å². The molecule has 1 saturated carbocycles. The maximum absolute atomic E-state index is 12.6. The van der Waals surface area contributed by atoms with Crippen molar-refractivity contribution in [3.8, 4) is 11.5 Å². The number of phenolic OH excluding ortho intramolecular Hbond substituents is 1. The molecule has 2 N–H and O–H groups in total. The molecule has 7 heteroatoms. The summed E-state index contributed by atoms with van der Waals surface area (Å²) in [6.07, 6.45) is 7.75. The van der Waals surface area contributed by atoms with Gasteiger partial charge in [0.1, 0.15) is 0 Å². The van der Waals surface area contributed by atoms with Gasteiger partial charge < -0.3 is 15.2 Å². The number of hydrogen-bond donors (Lipinski definition) is 2. The molecule has 1 aromatic heterocycles. The van der Waals surface area contributed by atoms with Gasteiger partial charge in [0.25, 0.3) is 5.91 Å². The lowest BCUT2D eigenvalue weighted by Crippen LogP contribution is -2.43. The molecular weight excluding hydrogens is 330 g/mol. The molecular formula is C17H20ClN3O3. The first-order valence-corrected chi connectivity index (χ1v) is 8.34. The zero-order chi connectivity index (χ0) is 17.1. The molecule has 0 spiro atoms. The summed E-state index contributed by atoms with van der Waals surface area (Å²) in [5.41, 5.74) is 0.361. The number of aromatic nitrogens is 2. The molecule has 6 nitrogen and oxygen atoms in total. The van der Waals surface area contributed by atoms with Crippen LogP contribution >= 0.6 is 11.6 Å². The smallest absolute Gasteiger partial charge is 0.251 e. The van der Waals surface area contributed by atoms with Crippen LogP contribution in [0.4, 0.5) is 0 Å². The average molecular weight is 350 g/mol. The molecule has 1 fully saturated rings. The van der Waals surface area contributed by atoms with Crippen molar-refractivity contribution in [2.45, 2.75) is 37.8 Å². The summed E-state index contributed by atoms with van der Waals surface area (Å²) >= 11 is 5.97. The van der Waals surface area contributed by atoms with Crippen molar-refractivity contribution in [3.05, 3.63) is 41.2 Å². The van der Waals surface area contributed by atoms with Crippen molar-refractivity contribution in [1.82, 2.24) is 15.1 Å². The van der Waals surface area contributed by atoms with Crippen molar-refractivity contribution in [2.75, 3.05) is 7.11 Å². The number of nitrogens with zero attached hydrogens (tertiary/aromatic N) is 2. The topological polar surface area (TPSA) is 76.4 Å². The van der Waals surface area contributed by atoms with Crippen molar-refractivity contribution in [3.63, 3.8) is 0 Å². The van der Waals surface area contributed by atoms with Gasteiger partial charge in [-0.25, -0.2) is 0 Å². The molecule has 1 amide bonds. The Bertz CT molecular complexity index is 718. The summed E-state index contributed by atoms with van der Waals surface area (Å²) in [5, 5.41) is 17.3. The molecule has 3 rings (SSSR count). The van der Waals surface area contributed by atoms with Gasteiger partial charge >= 0.3 is 0 Å². The second-order valence-corrected chi connectivity index (χ2v) is 6.33. The number of aromatic hydroxyl groups is 1. The van der Waals surface area contributed by atoms with Gasteiger partial charge in [0.15, 0.2) is 11.5 Å². The fraction of sp³-hybridized carbons (Fsp3) is 0.412. The Labute approximate surface area is 145 Å². The zero-order valence-corrected chi connectivity index (χ0v) is 14.2. The zero-order valence-electron chi connectivity index (χ0n) is 13.4. The van der Waals surface area contributed by atoms with Gasteiger partial charge in [-0.1, -0.05) is 24.4 Å². The fourth-order valence-corrected chi connectivity index (χ4v) is 3.40. The lowest BCUT2D eigenvalue weighted by atomic mass is 9.90. The highest BCUT2D eigenvalue weighted by molar-refractivity contribution is 6.32. The minimum absolute atomic E-state index is 0.00437. The number of ether oxygens (including phenoxy) is 1. The monoisotopic (exact) mass is 349 g/mol. The van der Waals surface area contributed by atoms with E-state index in [9.17, 15) is 9.90 Å². The molecule has 0 radical (unpaired) electrons. The molecule has 1 aromatic carbocycles. The van der Waals surface area contributed by atoms with Gasteiger partial charge in [-0.3, -0.25) is 9.48 Å². The summed E-state index contributed by atoms with van der Waals surface area (Å²) in [6.45, 7) is 0.